The molecular formula is C17H18O4. The lowest BCUT2D eigenvalue weighted by Crippen LogP contribution is -2.12. The molecule has 2 rings (SSSR count). The third-order valence-corrected chi connectivity index (χ3v) is 2.89. The molecule has 0 unspecified atom stereocenters. The smallest absolute Gasteiger partial charge is 0.314 e. The Labute approximate surface area is 124 Å². The molecule has 0 aliphatic rings. The Balaban J connectivity index is 1.74. The number of rotatable bonds is 6. The number of hydrogen-bond acceptors (Lipinski definition) is 4. The second kappa shape index (κ2) is 7.33. The highest BCUT2D eigenvalue weighted by atomic mass is 16.5. The lowest BCUT2D eigenvalue weighted by molar-refractivity contribution is -0.134. The molecule has 0 heterocycles. The number of aryl methyl sites for hydroxylation is 1. The van der Waals surface area contributed by atoms with Gasteiger partial charge in [0.15, 0.2) is 0 Å². The minimum Gasteiger partial charge on any atom is -0.497 e. The summed E-state index contributed by atoms with van der Waals surface area (Å²) in [6.45, 7) is 2.26. The van der Waals surface area contributed by atoms with Gasteiger partial charge in [-0.05, 0) is 43.3 Å². The zero-order valence-corrected chi connectivity index (χ0v) is 12.2. The largest absolute Gasteiger partial charge is 0.497 e. The highest BCUT2D eigenvalue weighted by molar-refractivity contribution is 5.72. The van der Waals surface area contributed by atoms with Crippen molar-refractivity contribution in [2.75, 3.05) is 13.7 Å². The van der Waals surface area contributed by atoms with Gasteiger partial charge in [0.25, 0.3) is 0 Å². The van der Waals surface area contributed by atoms with E-state index in [-0.39, 0.29) is 19.0 Å². The van der Waals surface area contributed by atoms with Gasteiger partial charge < -0.3 is 14.2 Å². The molecule has 0 amide bonds. The molecular weight excluding hydrogens is 268 g/mol. The Hall–Kier alpha value is -2.49. The van der Waals surface area contributed by atoms with Crippen molar-refractivity contribution in [2.24, 2.45) is 0 Å². The van der Waals surface area contributed by atoms with Crippen LogP contribution in [0.15, 0.2) is 48.5 Å². The zero-order chi connectivity index (χ0) is 15.1. The van der Waals surface area contributed by atoms with Gasteiger partial charge in [-0.25, -0.2) is 0 Å². The summed E-state index contributed by atoms with van der Waals surface area (Å²) >= 11 is 0. The van der Waals surface area contributed by atoms with Crippen molar-refractivity contribution in [1.82, 2.24) is 0 Å². The molecule has 4 heteroatoms. The van der Waals surface area contributed by atoms with Crippen LogP contribution in [0.1, 0.15) is 12.0 Å². The molecule has 2 aromatic rings. The monoisotopic (exact) mass is 286 g/mol. The second-order valence-corrected chi connectivity index (χ2v) is 4.56. The van der Waals surface area contributed by atoms with Crippen LogP contribution in [-0.4, -0.2) is 19.7 Å². The molecule has 110 valence electrons. The Morgan fingerprint density at radius 1 is 0.905 bits per heavy atom. The molecule has 0 aromatic heterocycles. The van der Waals surface area contributed by atoms with Gasteiger partial charge in [-0.1, -0.05) is 17.7 Å². The van der Waals surface area contributed by atoms with Crippen molar-refractivity contribution in [2.45, 2.75) is 13.3 Å². The van der Waals surface area contributed by atoms with Gasteiger partial charge >= 0.3 is 5.97 Å². The summed E-state index contributed by atoms with van der Waals surface area (Å²) in [4.78, 5) is 11.7. The van der Waals surface area contributed by atoms with E-state index in [2.05, 4.69) is 0 Å². The van der Waals surface area contributed by atoms with E-state index in [1.807, 2.05) is 19.1 Å². The van der Waals surface area contributed by atoms with Crippen molar-refractivity contribution in [3.63, 3.8) is 0 Å². The van der Waals surface area contributed by atoms with E-state index in [4.69, 9.17) is 14.2 Å². The van der Waals surface area contributed by atoms with Crippen LogP contribution in [0.4, 0.5) is 0 Å². The van der Waals surface area contributed by atoms with Crippen molar-refractivity contribution in [3.05, 3.63) is 54.1 Å². The number of carbonyl (C=O) groups is 1. The number of benzene rings is 2. The summed E-state index contributed by atoms with van der Waals surface area (Å²) in [6.07, 6.45) is 0.194. The first-order chi connectivity index (χ1) is 10.2. The van der Waals surface area contributed by atoms with Crippen LogP contribution < -0.4 is 14.2 Å². The molecule has 0 atom stereocenters. The first-order valence-corrected chi connectivity index (χ1v) is 6.71. The first-order valence-electron chi connectivity index (χ1n) is 6.71. The van der Waals surface area contributed by atoms with Gasteiger partial charge in [-0.15, -0.1) is 0 Å². The van der Waals surface area contributed by atoms with Crippen molar-refractivity contribution in [1.29, 1.82) is 0 Å². The summed E-state index contributed by atoms with van der Waals surface area (Å²) in [5.74, 6) is 1.70. The van der Waals surface area contributed by atoms with Crippen LogP contribution in [-0.2, 0) is 4.79 Å². The van der Waals surface area contributed by atoms with E-state index in [1.165, 1.54) is 0 Å². The fourth-order valence-corrected chi connectivity index (χ4v) is 1.71. The summed E-state index contributed by atoms with van der Waals surface area (Å²) in [7, 11) is 1.61. The maximum Gasteiger partial charge on any atom is 0.314 e. The fraction of sp³-hybridized carbons (Fsp3) is 0.235. The van der Waals surface area contributed by atoms with Crippen LogP contribution in [0.25, 0.3) is 0 Å². The van der Waals surface area contributed by atoms with Crippen molar-refractivity contribution < 1.29 is 19.0 Å². The summed E-state index contributed by atoms with van der Waals surface area (Å²) in [5, 5.41) is 0. The molecule has 0 spiro atoms. The number of esters is 1. The molecule has 0 bridgehead atoms. The predicted molar refractivity (Wildman–Crippen MR) is 79.9 cm³/mol. The molecule has 0 aliphatic heterocycles. The van der Waals surface area contributed by atoms with E-state index in [9.17, 15) is 4.79 Å². The summed E-state index contributed by atoms with van der Waals surface area (Å²) in [5.41, 5.74) is 1.12. The number of methoxy groups -OCH3 is 1. The van der Waals surface area contributed by atoms with Crippen LogP contribution in [0.3, 0.4) is 0 Å². The van der Waals surface area contributed by atoms with Crippen LogP contribution in [0, 0.1) is 6.92 Å². The third-order valence-electron chi connectivity index (χ3n) is 2.89. The van der Waals surface area contributed by atoms with E-state index in [0.29, 0.717) is 11.5 Å². The first kappa shape index (κ1) is 14.9. The average molecular weight is 286 g/mol. The van der Waals surface area contributed by atoms with E-state index in [1.54, 1.807) is 43.5 Å². The Morgan fingerprint density at radius 2 is 1.48 bits per heavy atom. The summed E-state index contributed by atoms with van der Waals surface area (Å²) in [6, 6.07) is 14.6. The number of ether oxygens (including phenoxy) is 3. The van der Waals surface area contributed by atoms with E-state index < -0.39 is 0 Å². The minimum absolute atomic E-state index is 0.194. The van der Waals surface area contributed by atoms with Gasteiger partial charge in [0, 0.05) is 0 Å². The van der Waals surface area contributed by atoms with Crippen LogP contribution in [0.2, 0.25) is 0 Å². The normalized spacial score (nSPS) is 10.0. The van der Waals surface area contributed by atoms with E-state index in [0.717, 1.165) is 11.3 Å². The third kappa shape index (κ3) is 4.84. The second-order valence-electron chi connectivity index (χ2n) is 4.56. The van der Waals surface area contributed by atoms with E-state index >= 15 is 0 Å². The molecule has 0 saturated carbocycles. The van der Waals surface area contributed by atoms with Crippen molar-refractivity contribution in [3.8, 4) is 17.2 Å². The Bertz CT molecular complexity index is 573. The molecule has 0 N–H and O–H groups in total. The topological polar surface area (TPSA) is 44.8 Å². The standard InChI is InChI=1S/C17H18O4/c1-13-3-5-16(6-4-13)21-17(18)11-12-20-15-9-7-14(19-2)8-10-15/h3-10H,11-12H2,1-2H3. The van der Waals surface area contributed by atoms with Gasteiger partial charge in [0.05, 0.1) is 20.1 Å². The molecule has 0 fully saturated rings. The quantitative estimate of drug-likeness (QED) is 0.603. The lowest BCUT2D eigenvalue weighted by atomic mass is 10.2. The predicted octanol–water partition coefficient (Wildman–Crippen LogP) is 3.38. The molecule has 4 nitrogen and oxygen atoms in total. The number of hydrogen-bond donors (Lipinski definition) is 0. The van der Waals surface area contributed by atoms with Crippen LogP contribution in [0.5, 0.6) is 17.2 Å². The fourth-order valence-electron chi connectivity index (χ4n) is 1.71. The van der Waals surface area contributed by atoms with Crippen molar-refractivity contribution >= 4 is 5.97 Å². The molecule has 21 heavy (non-hydrogen) atoms. The zero-order valence-electron chi connectivity index (χ0n) is 12.2. The highest BCUT2D eigenvalue weighted by Gasteiger charge is 2.05. The Kier molecular flexibility index (Phi) is 5.21. The average Bonchev–Trinajstić information content (AvgIpc) is 2.50. The minimum atomic E-state index is -0.313. The molecule has 0 saturated heterocycles. The van der Waals surface area contributed by atoms with Gasteiger partial charge in [-0.2, -0.15) is 0 Å². The van der Waals surface area contributed by atoms with Crippen LogP contribution >= 0.6 is 0 Å². The van der Waals surface area contributed by atoms with Gasteiger partial charge in [0.1, 0.15) is 17.2 Å². The molecule has 2 aromatic carbocycles. The summed E-state index contributed by atoms with van der Waals surface area (Å²) < 4.78 is 15.7. The number of carbonyl (C=O) groups excluding carboxylic acids is 1. The molecule has 0 radical (unpaired) electrons. The maximum atomic E-state index is 11.7. The lowest BCUT2D eigenvalue weighted by Gasteiger charge is -2.07. The van der Waals surface area contributed by atoms with Gasteiger partial charge in [0.2, 0.25) is 0 Å². The molecule has 0 aliphatic carbocycles. The van der Waals surface area contributed by atoms with Gasteiger partial charge in [-0.3, -0.25) is 4.79 Å². The highest BCUT2D eigenvalue weighted by Crippen LogP contribution is 2.17. The maximum absolute atomic E-state index is 11.7. The Morgan fingerprint density at radius 3 is 2.10 bits per heavy atom. The SMILES string of the molecule is COc1ccc(OCCC(=O)Oc2ccc(C)cc2)cc1.